The second kappa shape index (κ2) is 6.03. The largest absolute Gasteiger partial charge is 0.497 e. The van der Waals surface area contributed by atoms with Gasteiger partial charge in [0, 0.05) is 19.2 Å². The molecule has 0 aromatic heterocycles. The Kier molecular flexibility index (Phi) is 4.40. The van der Waals surface area contributed by atoms with Crippen LogP contribution in [-0.2, 0) is 11.3 Å². The zero-order valence-electron chi connectivity index (χ0n) is 10.6. The highest BCUT2D eigenvalue weighted by Crippen LogP contribution is 2.23. The fourth-order valence-electron chi connectivity index (χ4n) is 2.11. The SMILES string of the molecule is CCOC1CC(NCc2ccc(OC)cc2)C1. The summed E-state index contributed by atoms with van der Waals surface area (Å²) in [6.45, 7) is 3.81. The second-order valence-electron chi connectivity index (χ2n) is 4.47. The van der Waals surface area contributed by atoms with Crippen LogP contribution in [0.4, 0.5) is 0 Å². The molecule has 1 aromatic carbocycles. The molecule has 1 fully saturated rings. The van der Waals surface area contributed by atoms with Crippen molar-refractivity contribution < 1.29 is 9.47 Å². The number of rotatable bonds is 6. The predicted octanol–water partition coefficient (Wildman–Crippen LogP) is 2.35. The molecule has 17 heavy (non-hydrogen) atoms. The first-order chi connectivity index (χ1) is 8.31. The van der Waals surface area contributed by atoms with Gasteiger partial charge < -0.3 is 14.8 Å². The van der Waals surface area contributed by atoms with Gasteiger partial charge in [0.25, 0.3) is 0 Å². The standard InChI is InChI=1S/C14H21NO2/c1-3-17-14-8-12(9-14)15-10-11-4-6-13(16-2)7-5-11/h4-7,12,14-15H,3,8-10H2,1-2H3. The van der Waals surface area contributed by atoms with E-state index in [2.05, 4.69) is 24.4 Å². The summed E-state index contributed by atoms with van der Waals surface area (Å²) in [6, 6.07) is 8.82. The van der Waals surface area contributed by atoms with E-state index in [1.165, 1.54) is 5.56 Å². The number of nitrogens with one attached hydrogen (secondary N) is 1. The van der Waals surface area contributed by atoms with Crippen LogP contribution in [0.15, 0.2) is 24.3 Å². The maximum atomic E-state index is 5.53. The third-order valence-corrected chi connectivity index (χ3v) is 3.25. The van der Waals surface area contributed by atoms with Gasteiger partial charge in [-0.1, -0.05) is 12.1 Å². The molecule has 3 heteroatoms. The summed E-state index contributed by atoms with van der Waals surface area (Å²) in [7, 11) is 1.69. The minimum absolute atomic E-state index is 0.480. The van der Waals surface area contributed by atoms with Gasteiger partial charge in [-0.15, -0.1) is 0 Å². The molecule has 1 aromatic rings. The molecular formula is C14H21NO2. The van der Waals surface area contributed by atoms with Crippen LogP contribution in [0, 0.1) is 0 Å². The third-order valence-electron chi connectivity index (χ3n) is 3.25. The van der Waals surface area contributed by atoms with Crippen molar-refractivity contribution in [1.82, 2.24) is 5.32 Å². The number of hydrogen-bond donors (Lipinski definition) is 1. The van der Waals surface area contributed by atoms with E-state index < -0.39 is 0 Å². The highest BCUT2D eigenvalue weighted by Gasteiger charge is 2.28. The molecule has 0 aliphatic heterocycles. The molecule has 0 atom stereocenters. The minimum atomic E-state index is 0.480. The summed E-state index contributed by atoms with van der Waals surface area (Å²) < 4.78 is 10.7. The molecule has 1 aliphatic carbocycles. The van der Waals surface area contributed by atoms with Gasteiger partial charge in [-0.05, 0) is 37.5 Å². The van der Waals surface area contributed by atoms with Crippen LogP contribution in [0.3, 0.4) is 0 Å². The van der Waals surface area contributed by atoms with Crippen molar-refractivity contribution in [3.05, 3.63) is 29.8 Å². The fourth-order valence-corrected chi connectivity index (χ4v) is 2.11. The molecule has 1 saturated carbocycles. The highest BCUT2D eigenvalue weighted by atomic mass is 16.5. The molecule has 0 bridgehead atoms. The van der Waals surface area contributed by atoms with Gasteiger partial charge in [0.05, 0.1) is 13.2 Å². The summed E-state index contributed by atoms with van der Waals surface area (Å²) in [6.07, 6.45) is 2.77. The van der Waals surface area contributed by atoms with Crippen LogP contribution < -0.4 is 10.1 Å². The average molecular weight is 235 g/mol. The van der Waals surface area contributed by atoms with Crippen molar-refractivity contribution >= 4 is 0 Å². The van der Waals surface area contributed by atoms with Gasteiger partial charge in [-0.25, -0.2) is 0 Å². The first-order valence-electron chi connectivity index (χ1n) is 6.29. The van der Waals surface area contributed by atoms with E-state index in [-0.39, 0.29) is 0 Å². The van der Waals surface area contributed by atoms with Crippen molar-refractivity contribution in [2.75, 3.05) is 13.7 Å². The number of hydrogen-bond acceptors (Lipinski definition) is 3. The van der Waals surface area contributed by atoms with E-state index in [0.29, 0.717) is 12.1 Å². The zero-order chi connectivity index (χ0) is 12.1. The lowest BCUT2D eigenvalue weighted by Gasteiger charge is -2.35. The Morgan fingerprint density at radius 1 is 1.24 bits per heavy atom. The van der Waals surface area contributed by atoms with Crippen molar-refractivity contribution in [3.63, 3.8) is 0 Å². The Balaban J connectivity index is 1.68. The monoisotopic (exact) mass is 235 g/mol. The molecule has 0 heterocycles. The van der Waals surface area contributed by atoms with Gasteiger partial charge in [0.1, 0.15) is 5.75 Å². The Morgan fingerprint density at radius 2 is 1.94 bits per heavy atom. The summed E-state index contributed by atoms with van der Waals surface area (Å²) in [4.78, 5) is 0. The van der Waals surface area contributed by atoms with Gasteiger partial charge >= 0.3 is 0 Å². The quantitative estimate of drug-likeness (QED) is 0.821. The van der Waals surface area contributed by atoms with Gasteiger partial charge in [0.15, 0.2) is 0 Å². The third kappa shape index (κ3) is 3.45. The maximum absolute atomic E-state index is 5.53. The minimum Gasteiger partial charge on any atom is -0.497 e. The summed E-state index contributed by atoms with van der Waals surface area (Å²) in [5.41, 5.74) is 1.30. The molecule has 0 radical (unpaired) electrons. The van der Waals surface area contributed by atoms with Gasteiger partial charge in [0.2, 0.25) is 0 Å². The summed E-state index contributed by atoms with van der Waals surface area (Å²) in [5.74, 6) is 0.911. The van der Waals surface area contributed by atoms with E-state index in [0.717, 1.165) is 31.7 Å². The van der Waals surface area contributed by atoms with Crippen LogP contribution in [0.5, 0.6) is 5.75 Å². The fraction of sp³-hybridized carbons (Fsp3) is 0.571. The molecule has 0 saturated heterocycles. The molecule has 1 aliphatic rings. The maximum Gasteiger partial charge on any atom is 0.118 e. The van der Waals surface area contributed by atoms with E-state index in [4.69, 9.17) is 9.47 Å². The van der Waals surface area contributed by atoms with E-state index in [1.807, 2.05) is 12.1 Å². The Bertz CT molecular complexity index is 331. The molecule has 0 unspecified atom stereocenters. The summed E-state index contributed by atoms with van der Waals surface area (Å²) in [5, 5.41) is 3.54. The normalized spacial score (nSPS) is 23.2. The van der Waals surface area contributed by atoms with E-state index >= 15 is 0 Å². The van der Waals surface area contributed by atoms with E-state index in [9.17, 15) is 0 Å². The first kappa shape index (κ1) is 12.4. The van der Waals surface area contributed by atoms with Crippen molar-refractivity contribution in [2.24, 2.45) is 0 Å². The highest BCUT2D eigenvalue weighted by molar-refractivity contribution is 5.27. The lowest BCUT2D eigenvalue weighted by Crippen LogP contribution is -2.45. The summed E-state index contributed by atoms with van der Waals surface area (Å²) >= 11 is 0. The molecule has 0 spiro atoms. The molecule has 2 rings (SSSR count). The topological polar surface area (TPSA) is 30.5 Å². The molecule has 1 N–H and O–H groups in total. The Labute approximate surface area is 103 Å². The van der Waals surface area contributed by atoms with Gasteiger partial charge in [-0.2, -0.15) is 0 Å². The van der Waals surface area contributed by atoms with Crippen LogP contribution >= 0.6 is 0 Å². The predicted molar refractivity (Wildman–Crippen MR) is 68.3 cm³/mol. The van der Waals surface area contributed by atoms with Crippen LogP contribution in [0.1, 0.15) is 25.3 Å². The Hall–Kier alpha value is -1.06. The van der Waals surface area contributed by atoms with Crippen molar-refractivity contribution in [1.29, 1.82) is 0 Å². The smallest absolute Gasteiger partial charge is 0.118 e. The number of ether oxygens (including phenoxy) is 2. The Morgan fingerprint density at radius 3 is 2.53 bits per heavy atom. The molecular weight excluding hydrogens is 214 g/mol. The van der Waals surface area contributed by atoms with Crippen LogP contribution in [0.25, 0.3) is 0 Å². The average Bonchev–Trinajstić information content (AvgIpc) is 2.32. The van der Waals surface area contributed by atoms with Gasteiger partial charge in [-0.3, -0.25) is 0 Å². The second-order valence-corrected chi connectivity index (χ2v) is 4.47. The first-order valence-corrected chi connectivity index (χ1v) is 6.29. The zero-order valence-corrected chi connectivity index (χ0v) is 10.6. The lowest BCUT2D eigenvalue weighted by atomic mass is 9.89. The van der Waals surface area contributed by atoms with Crippen molar-refractivity contribution in [3.8, 4) is 5.75 Å². The molecule has 94 valence electrons. The van der Waals surface area contributed by atoms with Crippen LogP contribution in [-0.4, -0.2) is 25.9 Å². The van der Waals surface area contributed by atoms with Crippen molar-refractivity contribution in [2.45, 2.75) is 38.5 Å². The number of benzene rings is 1. The lowest BCUT2D eigenvalue weighted by molar-refractivity contribution is -0.0102. The van der Waals surface area contributed by atoms with Crippen LogP contribution in [0.2, 0.25) is 0 Å². The number of methoxy groups -OCH3 is 1. The molecule has 0 amide bonds. The molecule has 3 nitrogen and oxygen atoms in total. The van der Waals surface area contributed by atoms with E-state index in [1.54, 1.807) is 7.11 Å².